The molecule has 0 bridgehead atoms. The number of nitrogens with zero attached hydrogens (tertiary/aromatic N) is 1. The maximum Gasteiger partial charge on any atom is 0.306 e. The summed E-state index contributed by atoms with van der Waals surface area (Å²) in [7, 11) is 0. The molecule has 50 heavy (non-hydrogen) atoms. The molecule has 0 aliphatic rings. The van der Waals surface area contributed by atoms with Crippen molar-refractivity contribution in [3.8, 4) is 0 Å². The molecule has 1 unspecified atom stereocenters. The fraction of sp³-hybridized carbons (Fsp3) is 0.955. The van der Waals surface area contributed by atoms with Crippen LogP contribution in [0.3, 0.4) is 0 Å². The predicted octanol–water partition coefficient (Wildman–Crippen LogP) is 12.6. The van der Waals surface area contributed by atoms with Crippen molar-refractivity contribution in [3.05, 3.63) is 0 Å². The maximum atomic E-state index is 12.8. The third-order valence-electron chi connectivity index (χ3n) is 10.4. The van der Waals surface area contributed by atoms with Crippen LogP contribution >= 0.6 is 0 Å². The van der Waals surface area contributed by atoms with Gasteiger partial charge in [-0.1, -0.05) is 156 Å². The number of ether oxygens (including phenoxy) is 2. The fourth-order valence-corrected chi connectivity index (χ4v) is 7.20. The highest BCUT2D eigenvalue weighted by Gasteiger charge is 2.17. The van der Waals surface area contributed by atoms with Gasteiger partial charge < -0.3 is 15.2 Å². The zero-order valence-electron chi connectivity index (χ0n) is 34.3. The smallest absolute Gasteiger partial charge is 0.306 e. The Labute approximate surface area is 312 Å². The van der Waals surface area contributed by atoms with E-state index in [1.165, 1.54) is 135 Å². The third kappa shape index (κ3) is 32.7. The molecule has 0 heterocycles. The van der Waals surface area contributed by atoms with Gasteiger partial charge in [0, 0.05) is 32.0 Å². The Kier molecular flexibility index (Phi) is 38.2. The Morgan fingerprint density at radius 2 is 0.940 bits per heavy atom. The number of esters is 2. The highest BCUT2D eigenvalue weighted by molar-refractivity contribution is 5.69. The van der Waals surface area contributed by atoms with Crippen LogP contribution < -0.4 is 5.73 Å². The molecule has 0 aromatic rings. The lowest BCUT2D eigenvalue weighted by molar-refractivity contribution is -0.150. The summed E-state index contributed by atoms with van der Waals surface area (Å²) in [6.07, 6.45) is 37.0. The first kappa shape index (κ1) is 48.9. The van der Waals surface area contributed by atoms with Crippen LogP contribution in [-0.2, 0) is 19.1 Å². The number of unbranched alkanes of at least 4 members (excludes halogenated alkanes) is 20. The van der Waals surface area contributed by atoms with Crippen molar-refractivity contribution >= 4 is 11.9 Å². The van der Waals surface area contributed by atoms with Crippen molar-refractivity contribution in [1.82, 2.24) is 4.90 Å². The number of hydrogen-bond donors (Lipinski definition) is 1. The summed E-state index contributed by atoms with van der Waals surface area (Å²) in [5, 5.41) is 0. The van der Waals surface area contributed by atoms with Gasteiger partial charge in [-0.2, -0.15) is 0 Å². The van der Waals surface area contributed by atoms with Gasteiger partial charge in [-0.25, -0.2) is 0 Å². The van der Waals surface area contributed by atoms with Gasteiger partial charge in [0.25, 0.3) is 0 Å². The Hall–Kier alpha value is -1.14. The van der Waals surface area contributed by atoms with Gasteiger partial charge in [0.2, 0.25) is 0 Å². The molecule has 0 spiro atoms. The summed E-state index contributed by atoms with van der Waals surface area (Å²) < 4.78 is 11.5. The van der Waals surface area contributed by atoms with E-state index in [-0.39, 0.29) is 18.0 Å². The maximum absolute atomic E-state index is 12.8. The first-order valence-electron chi connectivity index (χ1n) is 22.3. The molecule has 0 rings (SSSR count). The quantitative estimate of drug-likeness (QED) is 0.0504. The molecule has 0 saturated carbocycles. The van der Waals surface area contributed by atoms with Crippen molar-refractivity contribution in [2.75, 3.05) is 26.2 Å². The summed E-state index contributed by atoms with van der Waals surface area (Å²) in [6.45, 7) is 12.4. The summed E-state index contributed by atoms with van der Waals surface area (Å²) in [5.41, 5.74) is 6.05. The van der Waals surface area contributed by atoms with E-state index in [0.29, 0.717) is 32.0 Å². The normalized spacial score (nSPS) is 12.2. The van der Waals surface area contributed by atoms with E-state index in [1.807, 2.05) is 0 Å². The molecule has 0 aliphatic carbocycles. The van der Waals surface area contributed by atoms with Crippen LogP contribution in [-0.4, -0.2) is 55.2 Å². The van der Waals surface area contributed by atoms with E-state index in [1.54, 1.807) is 0 Å². The van der Waals surface area contributed by atoms with Crippen LogP contribution in [0.25, 0.3) is 0 Å². The lowest BCUT2D eigenvalue weighted by atomic mass is 10.0. The SMILES string of the molecule is CCCCCCCCC(CCCCCCCC)OC(=O)CCCCCCCN(CCN)C(CCC)CCCCCC(=O)OCCCCCCC. The second-order valence-corrected chi connectivity index (χ2v) is 15.2. The Bertz CT molecular complexity index is 702. The van der Waals surface area contributed by atoms with Crippen LogP contribution in [0.1, 0.15) is 233 Å². The Balaban J connectivity index is 4.31. The topological polar surface area (TPSA) is 81.9 Å². The Morgan fingerprint density at radius 3 is 1.50 bits per heavy atom. The number of hydrogen-bond acceptors (Lipinski definition) is 6. The molecule has 0 aliphatic heterocycles. The first-order valence-corrected chi connectivity index (χ1v) is 22.3. The van der Waals surface area contributed by atoms with Crippen LogP contribution in [0.15, 0.2) is 0 Å². The average Bonchev–Trinajstić information content (AvgIpc) is 3.11. The average molecular weight is 709 g/mol. The van der Waals surface area contributed by atoms with Crippen LogP contribution in [0.2, 0.25) is 0 Å². The van der Waals surface area contributed by atoms with E-state index >= 15 is 0 Å². The summed E-state index contributed by atoms with van der Waals surface area (Å²) >= 11 is 0. The van der Waals surface area contributed by atoms with Gasteiger partial charge >= 0.3 is 11.9 Å². The third-order valence-corrected chi connectivity index (χ3v) is 10.4. The lowest BCUT2D eigenvalue weighted by Crippen LogP contribution is -2.39. The molecule has 6 nitrogen and oxygen atoms in total. The summed E-state index contributed by atoms with van der Waals surface area (Å²) in [6, 6.07) is 0.578. The molecule has 1 atom stereocenters. The van der Waals surface area contributed by atoms with Crippen molar-refractivity contribution in [3.63, 3.8) is 0 Å². The van der Waals surface area contributed by atoms with Crippen molar-refractivity contribution < 1.29 is 19.1 Å². The van der Waals surface area contributed by atoms with Crippen molar-refractivity contribution in [1.29, 1.82) is 0 Å². The molecule has 0 fully saturated rings. The van der Waals surface area contributed by atoms with Gasteiger partial charge in [0.05, 0.1) is 6.61 Å². The minimum Gasteiger partial charge on any atom is -0.466 e. The zero-order chi connectivity index (χ0) is 36.8. The fourth-order valence-electron chi connectivity index (χ4n) is 7.20. The zero-order valence-corrected chi connectivity index (χ0v) is 34.3. The monoisotopic (exact) mass is 709 g/mol. The predicted molar refractivity (Wildman–Crippen MR) is 216 cm³/mol. The van der Waals surface area contributed by atoms with Gasteiger partial charge in [-0.3, -0.25) is 14.5 Å². The Morgan fingerprint density at radius 1 is 0.480 bits per heavy atom. The van der Waals surface area contributed by atoms with Crippen molar-refractivity contribution in [2.45, 2.75) is 245 Å². The summed E-state index contributed by atoms with van der Waals surface area (Å²) in [5.74, 6) is 0.00151. The molecule has 298 valence electrons. The lowest BCUT2D eigenvalue weighted by Gasteiger charge is -2.31. The van der Waals surface area contributed by atoms with E-state index in [9.17, 15) is 9.59 Å². The minimum absolute atomic E-state index is 0.0246. The molecule has 6 heteroatoms. The molecular weight excluding hydrogens is 620 g/mol. The van der Waals surface area contributed by atoms with Crippen LogP contribution in [0.5, 0.6) is 0 Å². The second-order valence-electron chi connectivity index (χ2n) is 15.2. The highest BCUT2D eigenvalue weighted by Crippen LogP contribution is 2.20. The molecule has 0 saturated heterocycles. The standard InChI is InChI=1S/C44H88N2O4/c1-5-9-12-15-18-25-33-42(34-26-19-16-13-10-6-2)50-44(48)36-27-20-17-21-29-38-46(39-37-45)41(31-8-4)32-24-23-28-35-43(47)49-40-30-22-14-11-7-3/h41-42H,5-40,45H2,1-4H3. The molecular formula is C44H88N2O4. The molecule has 0 amide bonds. The van der Waals surface area contributed by atoms with Crippen molar-refractivity contribution in [2.24, 2.45) is 5.73 Å². The van der Waals surface area contributed by atoms with Crippen LogP contribution in [0.4, 0.5) is 0 Å². The number of carbonyl (C=O) groups excluding carboxylic acids is 2. The largest absolute Gasteiger partial charge is 0.466 e. The van der Waals surface area contributed by atoms with E-state index in [4.69, 9.17) is 15.2 Å². The molecule has 0 aromatic carbocycles. The van der Waals surface area contributed by atoms with Crippen LogP contribution in [0, 0.1) is 0 Å². The number of nitrogens with two attached hydrogens (primary N) is 1. The van der Waals surface area contributed by atoms with Gasteiger partial charge in [-0.05, 0) is 70.8 Å². The minimum atomic E-state index is -0.0246. The van der Waals surface area contributed by atoms with Gasteiger partial charge in [-0.15, -0.1) is 0 Å². The second kappa shape index (κ2) is 39.1. The molecule has 0 aromatic heterocycles. The van der Waals surface area contributed by atoms with E-state index < -0.39 is 0 Å². The highest BCUT2D eigenvalue weighted by atomic mass is 16.5. The van der Waals surface area contributed by atoms with E-state index in [2.05, 4.69) is 32.6 Å². The number of rotatable bonds is 40. The van der Waals surface area contributed by atoms with E-state index in [0.717, 1.165) is 70.9 Å². The molecule has 0 radical (unpaired) electrons. The van der Waals surface area contributed by atoms with Gasteiger partial charge in [0.15, 0.2) is 0 Å². The van der Waals surface area contributed by atoms with Gasteiger partial charge in [0.1, 0.15) is 6.10 Å². The first-order chi connectivity index (χ1) is 24.5. The summed E-state index contributed by atoms with van der Waals surface area (Å²) in [4.78, 5) is 27.5. The molecule has 2 N–H and O–H groups in total. The number of carbonyl (C=O) groups is 2.